The number of likely N-dealkylation sites (tertiary alicyclic amines) is 1. The van der Waals surface area contributed by atoms with E-state index in [1.54, 1.807) is 24.4 Å². The molecule has 3 aromatic carbocycles. The number of pyridine rings is 1. The normalized spacial score (nSPS) is 22.2. The van der Waals surface area contributed by atoms with Crippen LogP contribution in [-0.2, 0) is 15.0 Å². The first-order valence-electron chi connectivity index (χ1n) is 22.9. The number of allylic oxidation sites excluding steroid dienone is 1. The second-order valence-electron chi connectivity index (χ2n) is 19.1. The van der Waals surface area contributed by atoms with Gasteiger partial charge in [0.05, 0.1) is 22.4 Å². The molecule has 0 radical (unpaired) electrons. The van der Waals surface area contributed by atoms with Gasteiger partial charge in [-0.1, -0.05) is 18.7 Å². The molecule has 15 nitrogen and oxygen atoms in total. The Kier molecular flexibility index (Phi) is 10.7. The zero-order chi connectivity index (χ0) is 47.2. The van der Waals surface area contributed by atoms with Crippen molar-refractivity contribution in [2.75, 3.05) is 73.4 Å². The SMILES string of the molecule is C=C1CCC(N2C(=O)c3ccc(N4CC5(CN(CC6CCN(c7ccc(-c8cnc9[nH]cc(C(=O)c%10c(F)ccc(NS(=O)(=O)N%11CC[C@@H](F)C%11)c%10F)c9c8)cc7)CC6)C5)C4)cc3C2=O)C(=O)N1. The fourth-order valence-corrected chi connectivity index (χ4v) is 12.2. The second kappa shape index (κ2) is 16.6. The lowest BCUT2D eigenvalue weighted by Crippen LogP contribution is -2.72. The summed E-state index contributed by atoms with van der Waals surface area (Å²) >= 11 is 0. The van der Waals surface area contributed by atoms with Gasteiger partial charge in [0.1, 0.15) is 23.7 Å². The molecule has 11 rings (SSSR count). The van der Waals surface area contributed by atoms with Gasteiger partial charge in [-0.15, -0.1) is 0 Å². The summed E-state index contributed by atoms with van der Waals surface area (Å²) < 4.78 is 73.2. The monoisotopic (exact) mass is 947 g/mol. The number of aromatic amines is 1. The molecule has 1 spiro atoms. The van der Waals surface area contributed by atoms with Gasteiger partial charge in [-0.05, 0) is 92.1 Å². The molecule has 2 aromatic heterocycles. The van der Waals surface area contributed by atoms with Crippen molar-refractivity contribution in [2.24, 2.45) is 11.3 Å². The maximum absolute atomic E-state index is 15.8. The average Bonchev–Trinajstić information content (AvgIpc) is 4.01. The van der Waals surface area contributed by atoms with E-state index in [0.29, 0.717) is 52.2 Å². The number of imide groups is 1. The number of anilines is 3. The van der Waals surface area contributed by atoms with Crippen molar-refractivity contribution in [3.05, 3.63) is 119 Å². The van der Waals surface area contributed by atoms with Crippen LogP contribution in [0.2, 0.25) is 0 Å². The third kappa shape index (κ3) is 7.69. The standard InChI is InChI=1S/C49H48F3N9O6S/c1-28-2-11-41(46(63)55-28)61-47(64)35-8-7-34(19-37(35)48(61)65)59-26-49(27-59)24-57(25-49)22-29-12-15-58(16-13-29)33-5-3-30(4-6-33)31-18-36-38(21-54-45(36)53-20-31)44(62)42-39(51)9-10-40(43(42)52)56-68(66,67)60-17-14-32(50)23-60/h3-10,18-21,29,32,41,56H,1-2,11-17,22-27H2,(H,53,54)(H,55,63)/t32-,41?/m1/s1. The Hall–Kier alpha value is -6.57. The second-order valence-corrected chi connectivity index (χ2v) is 20.8. The van der Waals surface area contributed by atoms with E-state index in [1.165, 1.54) is 6.20 Å². The number of carbonyl (C=O) groups is 4. The molecule has 0 aliphatic carbocycles. The number of piperidine rings is 2. The van der Waals surface area contributed by atoms with Crippen molar-refractivity contribution in [3.63, 3.8) is 0 Å². The van der Waals surface area contributed by atoms with Crippen LogP contribution in [0, 0.1) is 23.0 Å². The zero-order valence-corrected chi connectivity index (χ0v) is 37.8. The largest absolute Gasteiger partial charge is 0.372 e. The summed E-state index contributed by atoms with van der Waals surface area (Å²) in [6.45, 7) is 10.0. The van der Waals surface area contributed by atoms with Gasteiger partial charge in [-0.25, -0.2) is 18.2 Å². The Bertz CT molecular complexity index is 3050. The van der Waals surface area contributed by atoms with Crippen LogP contribution in [0.25, 0.3) is 22.2 Å². The number of ketones is 1. The maximum Gasteiger partial charge on any atom is 0.301 e. The molecule has 2 atom stereocenters. The highest BCUT2D eigenvalue weighted by atomic mass is 32.2. The molecule has 5 aromatic rings. The molecule has 0 saturated carbocycles. The Balaban J connectivity index is 0.674. The van der Waals surface area contributed by atoms with Gasteiger partial charge < -0.3 is 25.0 Å². The van der Waals surface area contributed by atoms with E-state index in [0.717, 1.165) is 96.9 Å². The van der Waals surface area contributed by atoms with Crippen LogP contribution in [-0.4, -0.2) is 127 Å². The highest BCUT2D eigenvalue weighted by Crippen LogP contribution is 2.44. The molecule has 352 valence electrons. The molecule has 5 fully saturated rings. The fourth-order valence-electron chi connectivity index (χ4n) is 10.9. The van der Waals surface area contributed by atoms with Gasteiger partial charge >= 0.3 is 10.2 Å². The summed E-state index contributed by atoms with van der Waals surface area (Å²) in [5.41, 5.74) is 3.73. The number of halogens is 3. The summed E-state index contributed by atoms with van der Waals surface area (Å²) in [6, 6.07) is 16.1. The van der Waals surface area contributed by atoms with Gasteiger partial charge in [-0.2, -0.15) is 12.7 Å². The molecule has 3 N–H and O–H groups in total. The van der Waals surface area contributed by atoms with E-state index in [1.807, 2.05) is 22.9 Å². The topological polar surface area (TPSA) is 171 Å². The van der Waals surface area contributed by atoms with Crippen molar-refractivity contribution in [2.45, 2.75) is 44.3 Å². The molecule has 6 aliphatic heterocycles. The summed E-state index contributed by atoms with van der Waals surface area (Å²) in [5.74, 6) is -4.19. The zero-order valence-electron chi connectivity index (χ0n) is 36.9. The molecular weight excluding hydrogens is 900 g/mol. The predicted molar refractivity (Wildman–Crippen MR) is 248 cm³/mol. The smallest absolute Gasteiger partial charge is 0.301 e. The molecule has 1 unspecified atom stereocenters. The lowest BCUT2D eigenvalue weighted by molar-refractivity contribution is -0.125. The molecule has 0 bridgehead atoms. The molecular formula is C49H48F3N9O6S. The molecule has 19 heteroatoms. The summed E-state index contributed by atoms with van der Waals surface area (Å²) in [4.78, 5) is 68.6. The van der Waals surface area contributed by atoms with Crippen molar-refractivity contribution >= 4 is 61.8 Å². The van der Waals surface area contributed by atoms with E-state index in [2.05, 4.69) is 48.7 Å². The van der Waals surface area contributed by atoms with Crippen molar-refractivity contribution in [3.8, 4) is 11.1 Å². The minimum Gasteiger partial charge on any atom is -0.372 e. The Morgan fingerprint density at radius 1 is 0.853 bits per heavy atom. The van der Waals surface area contributed by atoms with Crippen LogP contribution < -0.4 is 19.8 Å². The van der Waals surface area contributed by atoms with E-state index in [-0.39, 0.29) is 36.4 Å². The van der Waals surface area contributed by atoms with E-state index >= 15 is 8.78 Å². The number of fused-ring (bicyclic) bond motifs is 2. The Morgan fingerprint density at radius 2 is 1.59 bits per heavy atom. The number of hydrogen-bond donors (Lipinski definition) is 3. The first-order chi connectivity index (χ1) is 32.6. The van der Waals surface area contributed by atoms with E-state index in [4.69, 9.17) is 0 Å². The minimum atomic E-state index is -4.36. The Morgan fingerprint density at radius 3 is 2.31 bits per heavy atom. The van der Waals surface area contributed by atoms with Gasteiger partial charge in [0.2, 0.25) is 11.7 Å². The van der Waals surface area contributed by atoms with Crippen LogP contribution in [0.5, 0.6) is 0 Å². The third-order valence-corrected chi connectivity index (χ3v) is 16.0. The first kappa shape index (κ1) is 44.0. The van der Waals surface area contributed by atoms with Crippen LogP contribution >= 0.6 is 0 Å². The fraction of sp³-hybridized carbons (Fsp3) is 0.367. The number of nitrogens with one attached hydrogen (secondary N) is 3. The molecule has 6 aliphatic rings. The van der Waals surface area contributed by atoms with Crippen LogP contribution in [0.3, 0.4) is 0 Å². The molecule has 8 heterocycles. The van der Waals surface area contributed by atoms with E-state index in [9.17, 15) is 32.0 Å². The highest BCUT2D eigenvalue weighted by molar-refractivity contribution is 7.90. The number of benzene rings is 3. The van der Waals surface area contributed by atoms with Crippen molar-refractivity contribution in [1.29, 1.82) is 0 Å². The van der Waals surface area contributed by atoms with Crippen LogP contribution in [0.15, 0.2) is 85.3 Å². The summed E-state index contributed by atoms with van der Waals surface area (Å²) in [6.07, 6.45) is 4.63. The number of hydrogen-bond acceptors (Lipinski definition) is 10. The lowest BCUT2D eigenvalue weighted by atomic mass is 9.72. The number of amides is 3. The highest BCUT2D eigenvalue weighted by Gasteiger charge is 2.52. The quantitative estimate of drug-likeness (QED) is 0.108. The lowest BCUT2D eigenvalue weighted by Gasteiger charge is -2.61. The first-order valence-corrected chi connectivity index (χ1v) is 24.3. The van der Waals surface area contributed by atoms with Gasteiger partial charge in [0, 0.05) is 110 Å². The maximum atomic E-state index is 15.8. The molecule has 5 saturated heterocycles. The van der Waals surface area contributed by atoms with Crippen molar-refractivity contribution < 1.29 is 40.8 Å². The predicted octanol–water partition coefficient (Wildman–Crippen LogP) is 5.87. The Labute approximate surface area is 390 Å². The van der Waals surface area contributed by atoms with Gasteiger partial charge in [0.15, 0.2) is 5.82 Å². The van der Waals surface area contributed by atoms with Gasteiger partial charge in [0.25, 0.3) is 11.8 Å². The third-order valence-electron chi connectivity index (χ3n) is 14.5. The van der Waals surface area contributed by atoms with Gasteiger partial charge in [-0.3, -0.25) is 28.8 Å². The van der Waals surface area contributed by atoms with Crippen molar-refractivity contribution in [1.82, 2.24) is 29.4 Å². The number of carbonyl (C=O) groups excluding carboxylic acids is 4. The minimum absolute atomic E-state index is 0.00260. The van der Waals surface area contributed by atoms with Crippen LogP contribution in [0.4, 0.5) is 30.2 Å². The number of nitrogens with zero attached hydrogens (tertiary/aromatic N) is 6. The van der Waals surface area contributed by atoms with Crippen LogP contribution in [0.1, 0.15) is 68.7 Å². The number of aromatic nitrogens is 2. The summed E-state index contributed by atoms with van der Waals surface area (Å²) in [5, 5.41) is 3.01. The number of alkyl halides is 1. The molecule has 68 heavy (non-hydrogen) atoms. The number of rotatable bonds is 11. The number of H-pyrrole nitrogens is 1. The van der Waals surface area contributed by atoms with E-state index < -0.39 is 62.9 Å². The summed E-state index contributed by atoms with van der Waals surface area (Å²) in [7, 11) is -4.36. The average molecular weight is 948 g/mol. The molecule has 3 amide bonds.